The average Bonchev–Trinajstić information content (AvgIpc) is 3.32. The molecule has 0 unspecified atom stereocenters. The molecule has 0 saturated carbocycles. The summed E-state index contributed by atoms with van der Waals surface area (Å²) < 4.78 is 29.1. The Balaban J connectivity index is 1.68. The van der Waals surface area contributed by atoms with Crippen molar-refractivity contribution in [1.29, 1.82) is 0 Å². The summed E-state index contributed by atoms with van der Waals surface area (Å²) >= 11 is 0. The predicted octanol–water partition coefficient (Wildman–Crippen LogP) is 1.74. The Morgan fingerprint density at radius 2 is 2.14 bits per heavy atom. The van der Waals surface area contributed by atoms with Crippen LogP contribution in [0.3, 0.4) is 0 Å². The Morgan fingerprint density at radius 3 is 2.82 bits per heavy atom. The van der Waals surface area contributed by atoms with E-state index < -0.39 is 20.5 Å². The third-order valence-electron chi connectivity index (χ3n) is 5.01. The van der Waals surface area contributed by atoms with Gasteiger partial charge in [-0.25, -0.2) is 8.42 Å². The monoisotopic (exact) mass is 408 g/mol. The molecule has 1 aliphatic rings. The van der Waals surface area contributed by atoms with Crippen molar-refractivity contribution in [3.63, 3.8) is 0 Å². The molecule has 152 valence electrons. The first kappa shape index (κ1) is 20.3. The van der Waals surface area contributed by atoms with Gasteiger partial charge in [-0.15, -0.1) is 5.10 Å². The zero-order valence-electron chi connectivity index (χ0n) is 15.8. The first-order chi connectivity index (χ1) is 13.2. The highest BCUT2D eigenvalue weighted by atomic mass is 32.2. The van der Waals surface area contributed by atoms with E-state index >= 15 is 0 Å². The van der Waals surface area contributed by atoms with Crippen LogP contribution >= 0.6 is 0 Å². The highest BCUT2D eigenvalue weighted by Gasteiger charge is 2.42. The maximum absolute atomic E-state index is 12.7. The molecule has 1 amide bonds. The first-order valence-corrected chi connectivity index (χ1v) is 10.7. The molecule has 0 radical (unpaired) electrons. The van der Waals surface area contributed by atoms with Crippen LogP contribution in [0, 0.1) is 5.92 Å². The SMILES string of the molecule is CC(C)(C(=O)Nc1n[nH]c(-c2ccccc2O)n1)S(=O)(=O)CC[C@H]1CCOC1. The molecule has 0 spiro atoms. The van der Waals surface area contributed by atoms with Crippen LogP contribution in [0.4, 0.5) is 5.95 Å². The van der Waals surface area contributed by atoms with Gasteiger partial charge >= 0.3 is 0 Å². The number of benzene rings is 1. The quantitative estimate of drug-likeness (QED) is 0.635. The Labute approximate surface area is 163 Å². The Hall–Kier alpha value is -2.46. The van der Waals surface area contributed by atoms with Gasteiger partial charge in [0.05, 0.1) is 11.3 Å². The number of anilines is 1. The summed E-state index contributed by atoms with van der Waals surface area (Å²) in [4.78, 5) is 16.7. The highest BCUT2D eigenvalue weighted by Crippen LogP contribution is 2.27. The number of aromatic amines is 1. The molecule has 28 heavy (non-hydrogen) atoms. The van der Waals surface area contributed by atoms with Gasteiger partial charge in [-0.2, -0.15) is 4.98 Å². The molecular formula is C18H24N4O5S. The number of aromatic nitrogens is 3. The number of phenols is 1. The molecule has 3 rings (SSSR count). The molecule has 1 aromatic carbocycles. The molecule has 1 atom stereocenters. The molecule has 2 aromatic rings. The lowest BCUT2D eigenvalue weighted by Gasteiger charge is -2.23. The van der Waals surface area contributed by atoms with Crippen molar-refractivity contribution >= 4 is 21.7 Å². The van der Waals surface area contributed by atoms with Crippen molar-refractivity contribution < 1.29 is 23.1 Å². The lowest BCUT2D eigenvalue weighted by Crippen LogP contribution is -2.46. The third kappa shape index (κ3) is 4.17. The van der Waals surface area contributed by atoms with E-state index in [1.54, 1.807) is 18.2 Å². The van der Waals surface area contributed by atoms with E-state index in [1.165, 1.54) is 19.9 Å². The van der Waals surface area contributed by atoms with Crippen molar-refractivity contribution in [3.05, 3.63) is 24.3 Å². The molecule has 1 saturated heterocycles. The van der Waals surface area contributed by atoms with Crippen LogP contribution < -0.4 is 5.32 Å². The van der Waals surface area contributed by atoms with E-state index in [9.17, 15) is 18.3 Å². The fourth-order valence-electron chi connectivity index (χ4n) is 2.89. The topological polar surface area (TPSA) is 134 Å². The van der Waals surface area contributed by atoms with Crippen LogP contribution in [0.2, 0.25) is 0 Å². The van der Waals surface area contributed by atoms with E-state index in [-0.39, 0.29) is 29.2 Å². The standard InChI is InChI=1S/C18H24N4O5S/c1-18(2,28(25,26)10-8-12-7-9-27-11-12)16(24)20-17-19-15(21-22-17)13-5-3-4-6-14(13)23/h3-6,12,23H,7-11H2,1-2H3,(H2,19,20,21,22,24)/t12-/m1/s1. The van der Waals surface area contributed by atoms with Crippen molar-refractivity contribution in [2.75, 3.05) is 24.3 Å². The van der Waals surface area contributed by atoms with Gasteiger partial charge in [0.1, 0.15) is 10.5 Å². The van der Waals surface area contributed by atoms with Gasteiger partial charge in [-0.05, 0) is 44.7 Å². The van der Waals surface area contributed by atoms with Gasteiger partial charge in [-0.1, -0.05) is 12.1 Å². The highest BCUT2D eigenvalue weighted by molar-refractivity contribution is 7.93. The third-order valence-corrected chi connectivity index (χ3v) is 7.53. The number of ether oxygens (including phenoxy) is 1. The number of phenolic OH excluding ortho intramolecular Hbond substituents is 1. The molecule has 1 aromatic heterocycles. The zero-order chi connectivity index (χ0) is 20.4. The van der Waals surface area contributed by atoms with E-state index in [2.05, 4.69) is 20.5 Å². The largest absolute Gasteiger partial charge is 0.507 e. The van der Waals surface area contributed by atoms with E-state index in [1.807, 2.05) is 0 Å². The Bertz CT molecular complexity index is 948. The number of sulfone groups is 1. The number of nitrogens with zero attached hydrogens (tertiary/aromatic N) is 2. The van der Waals surface area contributed by atoms with Crippen molar-refractivity contribution in [2.24, 2.45) is 5.92 Å². The van der Waals surface area contributed by atoms with Crippen LogP contribution in [-0.4, -0.2) is 58.3 Å². The van der Waals surface area contributed by atoms with Crippen molar-refractivity contribution in [3.8, 4) is 17.1 Å². The Morgan fingerprint density at radius 1 is 1.39 bits per heavy atom. The number of hydrogen-bond donors (Lipinski definition) is 3. The summed E-state index contributed by atoms with van der Waals surface area (Å²) in [5, 5.41) is 18.8. The number of carbonyl (C=O) groups excluding carboxylic acids is 1. The van der Waals surface area contributed by atoms with Crippen LogP contribution in [0.25, 0.3) is 11.4 Å². The fourth-order valence-corrected chi connectivity index (χ4v) is 4.38. The molecule has 9 nitrogen and oxygen atoms in total. The van der Waals surface area contributed by atoms with Gasteiger partial charge in [-0.3, -0.25) is 15.2 Å². The number of para-hydroxylation sites is 1. The second-order valence-corrected chi connectivity index (χ2v) is 9.98. The Kier molecular flexibility index (Phi) is 5.71. The summed E-state index contributed by atoms with van der Waals surface area (Å²) in [6.45, 7) is 3.96. The normalized spacial score (nSPS) is 17.6. The molecule has 0 bridgehead atoms. The van der Waals surface area contributed by atoms with Gasteiger partial charge in [0.25, 0.3) is 0 Å². The van der Waals surface area contributed by atoms with Crippen LogP contribution in [-0.2, 0) is 19.4 Å². The maximum atomic E-state index is 12.7. The van der Waals surface area contributed by atoms with Crippen molar-refractivity contribution in [2.45, 2.75) is 31.4 Å². The molecular weight excluding hydrogens is 384 g/mol. The van der Waals surface area contributed by atoms with Gasteiger partial charge in [0.2, 0.25) is 11.9 Å². The van der Waals surface area contributed by atoms with E-state index in [4.69, 9.17) is 4.74 Å². The summed E-state index contributed by atoms with van der Waals surface area (Å²) in [6, 6.07) is 6.54. The summed E-state index contributed by atoms with van der Waals surface area (Å²) in [7, 11) is -3.69. The molecule has 1 aliphatic heterocycles. The minimum absolute atomic E-state index is 0.00956. The number of hydrogen-bond acceptors (Lipinski definition) is 7. The van der Waals surface area contributed by atoms with Crippen LogP contribution in [0.15, 0.2) is 24.3 Å². The number of amides is 1. The maximum Gasteiger partial charge on any atom is 0.249 e. The number of rotatable bonds is 7. The number of carbonyl (C=O) groups is 1. The summed E-state index contributed by atoms with van der Waals surface area (Å²) in [5.41, 5.74) is 0.418. The minimum atomic E-state index is -3.69. The van der Waals surface area contributed by atoms with E-state index in [0.717, 1.165) is 6.42 Å². The fraction of sp³-hybridized carbons (Fsp3) is 0.500. The van der Waals surface area contributed by atoms with E-state index in [0.29, 0.717) is 25.2 Å². The van der Waals surface area contributed by atoms with Crippen LogP contribution in [0.1, 0.15) is 26.7 Å². The summed E-state index contributed by atoms with van der Waals surface area (Å²) in [5.74, 6) is -0.374. The lowest BCUT2D eigenvalue weighted by atomic mass is 10.1. The first-order valence-electron chi connectivity index (χ1n) is 9.03. The molecule has 0 aliphatic carbocycles. The van der Waals surface area contributed by atoms with Gasteiger partial charge in [0, 0.05) is 13.2 Å². The van der Waals surface area contributed by atoms with Gasteiger partial charge in [0.15, 0.2) is 15.7 Å². The molecule has 1 fully saturated rings. The average molecular weight is 408 g/mol. The number of aromatic hydroxyl groups is 1. The second-order valence-electron chi connectivity index (χ2n) is 7.33. The molecule has 2 heterocycles. The second kappa shape index (κ2) is 7.88. The number of H-pyrrole nitrogens is 1. The van der Waals surface area contributed by atoms with Crippen LogP contribution in [0.5, 0.6) is 5.75 Å². The lowest BCUT2D eigenvalue weighted by molar-refractivity contribution is -0.117. The molecule has 10 heteroatoms. The summed E-state index contributed by atoms with van der Waals surface area (Å²) in [6.07, 6.45) is 1.31. The van der Waals surface area contributed by atoms with Crippen molar-refractivity contribution in [1.82, 2.24) is 15.2 Å². The molecule has 3 N–H and O–H groups in total. The number of nitrogens with one attached hydrogen (secondary N) is 2. The zero-order valence-corrected chi connectivity index (χ0v) is 16.6. The predicted molar refractivity (Wildman–Crippen MR) is 104 cm³/mol. The minimum Gasteiger partial charge on any atom is -0.507 e. The smallest absolute Gasteiger partial charge is 0.249 e. The van der Waals surface area contributed by atoms with Gasteiger partial charge < -0.3 is 9.84 Å².